The third-order valence-electron chi connectivity index (χ3n) is 0.937. The van der Waals surface area contributed by atoms with Gasteiger partial charge in [0.2, 0.25) is 0 Å². The fraction of sp³-hybridized carbons (Fsp3) is 0. The molecule has 0 atom stereocenters. The van der Waals surface area contributed by atoms with Gasteiger partial charge >= 0.3 is 62.8 Å². The van der Waals surface area contributed by atoms with Crippen LogP contribution in [0.3, 0.4) is 0 Å². The summed E-state index contributed by atoms with van der Waals surface area (Å²) in [6, 6.07) is 7.40. The van der Waals surface area contributed by atoms with Gasteiger partial charge in [0.1, 0.15) is 0 Å². The molecule has 38 valence electrons. The summed E-state index contributed by atoms with van der Waals surface area (Å²) in [7, 11) is 0. The Morgan fingerprint density at radius 2 is 1.88 bits per heavy atom. The number of benzene rings is 1. The quantitative estimate of drug-likeness (QED) is 0.644. The fourth-order valence-corrected chi connectivity index (χ4v) is 1.08. The van der Waals surface area contributed by atoms with Gasteiger partial charge in [0, 0.05) is 0 Å². The summed E-state index contributed by atoms with van der Waals surface area (Å²) in [5.41, 5.74) is 0. The third kappa shape index (κ3) is 1.19. The van der Waals surface area contributed by atoms with E-state index in [1.807, 2.05) is 18.2 Å². The van der Waals surface area contributed by atoms with Crippen LogP contribution in [0.5, 0.6) is 5.75 Å². The molecule has 0 aliphatic carbocycles. The van der Waals surface area contributed by atoms with Crippen LogP contribution in [-0.2, 0) is 0 Å². The first-order valence-corrected chi connectivity index (χ1v) is 3.99. The molecule has 1 aromatic carbocycles. The number of aromatic hydroxyl groups is 1. The van der Waals surface area contributed by atoms with E-state index in [-0.39, 0.29) is 0 Å². The van der Waals surface area contributed by atoms with Gasteiger partial charge in [-0.1, -0.05) is 0 Å². The second-order valence-electron chi connectivity index (χ2n) is 1.56. The first kappa shape index (κ1) is 6.02. The van der Waals surface area contributed by atoms with Gasteiger partial charge in [0.05, 0.1) is 0 Å². The van der Waals surface area contributed by atoms with Crippen LogP contribution in [0.4, 0.5) is 0 Å². The molecule has 8 heavy (non-hydrogen) atoms. The Hall–Kier alpha value is -0.110. The van der Waals surface area contributed by atoms with Crippen molar-refractivity contribution in [2.75, 3.05) is 0 Å². The summed E-state index contributed by atoms with van der Waals surface area (Å²) in [4.78, 5) is 0. The summed E-state index contributed by atoms with van der Waals surface area (Å²) in [6.07, 6.45) is 0. The SMILES string of the molecule is Oc1cccc[c]1[In]. The second-order valence-corrected chi connectivity index (χ2v) is 3.33. The Balaban J connectivity index is 3.13. The topological polar surface area (TPSA) is 20.2 Å². The molecular formula is C6H5InO. The zero-order valence-electron chi connectivity index (χ0n) is 4.33. The Labute approximate surface area is 62.9 Å². The molecule has 0 heterocycles. The van der Waals surface area contributed by atoms with Crippen molar-refractivity contribution < 1.29 is 5.11 Å². The van der Waals surface area contributed by atoms with Crippen molar-refractivity contribution in [3.05, 3.63) is 24.3 Å². The molecular weight excluding hydrogens is 203 g/mol. The van der Waals surface area contributed by atoms with E-state index in [9.17, 15) is 0 Å². The molecule has 0 aromatic heterocycles. The molecule has 1 aromatic rings. The van der Waals surface area contributed by atoms with Gasteiger partial charge in [-0.2, -0.15) is 0 Å². The van der Waals surface area contributed by atoms with E-state index in [2.05, 4.69) is 0 Å². The summed E-state index contributed by atoms with van der Waals surface area (Å²) >= 11 is 0.987. The van der Waals surface area contributed by atoms with Crippen LogP contribution in [0.15, 0.2) is 24.3 Å². The van der Waals surface area contributed by atoms with Crippen LogP contribution in [0, 0.1) is 0 Å². The number of hydrogen-bond acceptors (Lipinski definition) is 1. The number of para-hydroxylation sites is 1. The molecule has 0 aliphatic heterocycles. The van der Waals surface area contributed by atoms with Crippen LogP contribution >= 0.6 is 0 Å². The van der Waals surface area contributed by atoms with Crippen molar-refractivity contribution >= 4 is 27.7 Å². The molecule has 0 fully saturated rings. The Morgan fingerprint density at radius 3 is 2.25 bits per heavy atom. The first-order chi connectivity index (χ1) is 3.80. The zero-order valence-corrected chi connectivity index (χ0v) is 7.63. The predicted molar refractivity (Wildman–Crippen MR) is 33.5 cm³/mol. The molecule has 0 unspecified atom stereocenters. The van der Waals surface area contributed by atoms with Gasteiger partial charge in [-0.15, -0.1) is 0 Å². The van der Waals surface area contributed by atoms with Crippen LogP contribution in [0.1, 0.15) is 0 Å². The van der Waals surface area contributed by atoms with E-state index in [4.69, 9.17) is 5.11 Å². The number of phenolic OH excluding ortho intramolecular Hbond substituents is 1. The van der Waals surface area contributed by atoms with Crippen molar-refractivity contribution in [3.63, 3.8) is 0 Å². The normalized spacial score (nSPS) is 9.00. The molecule has 0 bridgehead atoms. The second kappa shape index (κ2) is 2.44. The van der Waals surface area contributed by atoms with E-state index in [1.54, 1.807) is 6.07 Å². The van der Waals surface area contributed by atoms with Crippen molar-refractivity contribution in [2.45, 2.75) is 0 Å². The Kier molecular flexibility index (Phi) is 1.84. The third-order valence-corrected chi connectivity index (χ3v) is 2.33. The van der Waals surface area contributed by atoms with Crippen molar-refractivity contribution in [1.82, 2.24) is 0 Å². The first-order valence-electron chi connectivity index (χ1n) is 2.34. The van der Waals surface area contributed by atoms with Crippen molar-refractivity contribution in [2.24, 2.45) is 0 Å². The molecule has 0 amide bonds. The zero-order chi connectivity index (χ0) is 5.98. The van der Waals surface area contributed by atoms with E-state index in [1.165, 1.54) is 0 Å². The van der Waals surface area contributed by atoms with E-state index >= 15 is 0 Å². The minimum absolute atomic E-state index is 0.426. The van der Waals surface area contributed by atoms with Gasteiger partial charge in [-0.05, 0) is 0 Å². The van der Waals surface area contributed by atoms with Crippen molar-refractivity contribution in [1.29, 1.82) is 0 Å². The van der Waals surface area contributed by atoms with Gasteiger partial charge in [-0.3, -0.25) is 0 Å². The summed E-state index contributed by atoms with van der Waals surface area (Å²) < 4.78 is 1.05. The average molecular weight is 208 g/mol. The average Bonchev–Trinajstić information content (AvgIpc) is 1.77. The van der Waals surface area contributed by atoms with E-state index in [0.717, 1.165) is 27.7 Å². The van der Waals surface area contributed by atoms with Gasteiger partial charge in [0.25, 0.3) is 0 Å². The summed E-state index contributed by atoms with van der Waals surface area (Å²) in [6.45, 7) is 0. The molecule has 1 N–H and O–H groups in total. The molecule has 2 heteroatoms. The van der Waals surface area contributed by atoms with Gasteiger partial charge in [0.15, 0.2) is 0 Å². The number of hydrogen-bond donors (Lipinski definition) is 1. The van der Waals surface area contributed by atoms with Crippen LogP contribution in [0.25, 0.3) is 0 Å². The summed E-state index contributed by atoms with van der Waals surface area (Å²) in [5.74, 6) is 0.426. The minimum atomic E-state index is 0.426. The molecule has 0 spiro atoms. The monoisotopic (exact) mass is 208 g/mol. The van der Waals surface area contributed by atoms with Crippen molar-refractivity contribution in [3.8, 4) is 5.75 Å². The maximum absolute atomic E-state index is 8.95. The van der Waals surface area contributed by atoms with Crippen LogP contribution in [-0.4, -0.2) is 29.5 Å². The number of phenols is 1. The Bertz CT molecular complexity index is 165. The van der Waals surface area contributed by atoms with Crippen LogP contribution < -0.4 is 3.32 Å². The van der Waals surface area contributed by atoms with Gasteiger partial charge in [-0.25, -0.2) is 0 Å². The maximum atomic E-state index is 8.95. The number of rotatable bonds is 0. The molecule has 1 rings (SSSR count). The van der Waals surface area contributed by atoms with E-state index in [0.29, 0.717) is 5.75 Å². The molecule has 0 aliphatic rings. The molecule has 0 saturated heterocycles. The van der Waals surface area contributed by atoms with E-state index < -0.39 is 0 Å². The molecule has 2 radical (unpaired) electrons. The fourth-order valence-electron chi connectivity index (χ4n) is 0.488. The summed E-state index contributed by atoms with van der Waals surface area (Å²) in [5, 5.41) is 8.95. The molecule has 0 saturated carbocycles. The van der Waals surface area contributed by atoms with Gasteiger partial charge < -0.3 is 0 Å². The predicted octanol–water partition coefficient (Wildman–Crippen LogP) is 0.186. The Morgan fingerprint density at radius 1 is 1.25 bits per heavy atom. The molecule has 1 nitrogen and oxygen atoms in total. The van der Waals surface area contributed by atoms with Crippen LogP contribution in [0.2, 0.25) is 0 Å². The standard InChI is InChI=1S/C6H5O.In/c7-6-4-2-1-3-5-6;/h1-4,7H;.